The van der Waals surface area contributed by atoms with Crippen LogP contribution in [0.2, 0.25) is 0 Å². The zero-order valence-corrected chi connectivity index (χ0v) is 22.1. The molecule has 1 heterocycles. The van der Waals surface area contributed by atoms with Gasteiger partial charge in [-0.3, -0.25) is 0 Å². The van der Waals surface area contributed by atoms with Crippen LogP contribution in [-0.2, 0) is 50.8 Å². The summed E-state index contributed by atoms with van der Waals surface area (Å²) < 4.78 is 7.11. The van der Waals surface area contributed by atoms with Crippen LogP contribution < -0.4 is 10.5 Å². The molecule has 2 aromatic carbocycles. The number of benzene rings is 2. The largest absolute Gasteiger partial charge is 5.00 e. The molecule has 0 fully saturated rings. The molecule has 32 heavy (non-hydrogen) atoms. The molecule has 0 saturated carbocycles. The van der Waals surface area contributed by atoms with Gasteiger partial charge < -0.3 is 51.4 Å². The Balaban J connectivity index is 0.00000256. The second-order valence-electron chi connectivity index (χ2n) is 6.89. The predicted molar refractivity (Wildman–Crippen MR) is 134 cm³/mol. The maximum Gasteiger partial charge on any atom is 5.00 e. The van der Waals surface area contributed by atoms with E-state index in [2.05, 4.69) is 16.3 Å². The minimum absolute atomic E-state index is 0. The summed E-state index contributed by atoms with van der Waals surface area (Å²) in [4.78, 5) is 7.08. The minimum Gasteiger partial charge on any atom is -2.00 e. The molecule has 6 nitrogen and oxygen atoms in total. The first-order valence-electron chi connectivity index (χ1n) is 10.1. The Bertz CT molecular complexity index is 912. The molecule has 172 valence electrons. The molecule has 0 aliphatic heterocycles. The van der Waals surface area contributed by atoms with Crippen molar-refractivity contribution in [2.75, 3.05) is 56.6 Å². The minimum atomic E-state index is 0. The van der Waals surface area contributed by atoms with Crippen molar-refractivity contribution < 1.29 is 30.3 Å². The van der Waals surface area contributed by atoms with Gasteiger partial charge in [0.2, 0.25) is 0 Å². The Morgan fingerprint density at radius 2 is 1.78 bits per heavy atom. The van der Waals surface area contributed by atoms with Crippen LogP contribution in [0.3, 0.4) is 0 Å². The molecule has 0 saturated heterocycles. The summed E-state index contributed by atoms with van der Waals surface area (Å²) in [7, 11) is 0. The zero-order valence-electron chi connectivity index (χ0n) is 17.7. The number of nitrogen functional groups attached to an aromatic ring is 1. The Morgan fingerprint density at radius 1 is 1.00 bits per heavy atom. The number of hydrogen-bond acceptors (Lipinski definition) is 7. The van der Waals surface area contributed by atoms with Gasteiger partial charge >= 0.3 is 20.1 Å². The number of fused-ring (bicyclic) bond motifs is 1. The van der Waals surface area contributed by atoms with Crippen molar-refractivity contribution in [1.29, 1.82) is 0 Å². The normalized spacial score (nSPS) is 10.7. The van der Waals surface area contributed by atoms with Gasteiger partial charge in [-0.2, -0.15) is 18.1 Å². The monoisotopic (exact) mass is 572 g/mol. The average molecular weight is 574 g/mol. The van der Waals surface area contributed by atoms with E-state index in [4.69, 9.17) is 40.7 Å². The third-order valence-corrected chi connectivity index (χ3v) is 6.07. The van der Waals surface area contributed by atoms with E-state index < -0.39 is 0 Å². The fraction of sp³-hybridized carbons (Fsp3) is 0.409. The second kappa shape index (κ2) is 15.9. The van der Waals surface area contributed by atoms with Crippen molar-refractivity contribution in [3.8, 4) is 16.3 Å². The van der Waals surface area contributed by atoms with Crippen LogP contribution in [0, 0.1) is 0 Å². The summed E-state index contributed by atoms with van der Waals surface area (Å²) in [6, 6.07) is 13.9. The molecular formula is C22H27N4O2S3Tc. The molecule has 0 amide bonds. The van der Waals surface area contributed by atoms with Gasteiger partial charge in [-0.25, -0.2) is 4.98 Å². The van der Waals surface area contributed by atoms with Gasteiger partial charge in [-0.05, 0) is 62.0 Å². The number of hydrogen-bond donors (Lipinski definition) is 1. The number of anilines is 1. The third kappa shape index (κ3) is 9.19. The summed E-state index contributed by atoms with van der Waals surface area (Å²) >= 11 is 11.7. The summed E-state index contributed by atoms with van der Waals surface area (Å²) in [6.45, 7) is 5.08. The molecule has 1 aromatic heterocycles. The number of ether oxygens (including phenoxy) is 1. The van der Waals surface area contributed by atoms with Gasteiger partial charge in [0, 0.05) is 17.8 Å². The third-order valence-electron chi connectivity index (χ3n) is 4.64. The number of rotatable bonds is 13. The van der Waals surface area contributed by atoms with Crippen LogP contribution in [0.1, 0.15) is 6.42 Å². The molecule has 3 aromatic rings. The summed E-state index contributed by atoms with van der Waals surface area (Å²) in [5.41, 5.74) is 8.60. The van der Waals surface area contributed by atoms with Crippen molar-refractivity contribution in [2.45, 2.75) is 6.42 Å². The number of thiazole rings is 1. The summed E-state index contributed by atoms with van der Waals surface area (Å²) in [6.07, 6.45) is 0.952. The van der Waals surface area contributed by atoms with Crippen LogP contribution in [0.25, 0.3) is 26.1 Å². The van der Waals surface area contributed by atoms with Crippen molar-refractivity contribution in [2.24, 2.45) is 0 Å². The van der Waals surface area contributed by atoms with E-state index >= 15 is 0 Å². The van der Waals surface area contributed by atoms with E-state index in [0.29, 0.717) is 12.4 Å². The molecule has 0 aliphatic carbocycles. The fourth-order valence-electron chi connectivity index (χ4n) is 3.08. The van der Waals surface area contributed by atoms with Crippen LogP contribution in [0.15, 0.2) is 42.5 Å². The Labute approximate surface area is 218 Å². The van der Waals surface area contributed by atoms with Gasteiger partial charge in [-0.1, -0.05) is 0 Å². The standard InChI is InChI=1S/C22H29N4OS3.O.Tc/c23-18-4-2-17(3-5-18)22-25-20-7-6-19(16-21(20)30-22)27-13-1-10-26(12-15-29)11-8-24-9-14-28;;/h2-7,16,28-29H,1,8-15,23H2;;/q-1;-2;+5/p-2. The van der Waals surface area contributed by atoms with Gasteiger partial charge in [0.25, 0.3) is 0 Å². The van der Waals surface area contributed by atoms with Crippen molar-refractivity contribution >= 4 is 52.5 Å². The topological polar surface area (TPSA) is 94.0 Å². The number of nitrogens with two attached hydrogens (primary N) is 1. The summed E-state index contributed by atoms with van der Waals surface area (Å²) in [5, 5.41) is 5.41. The second-order valence-corrected chi connectivity index (χ2v) is 8.74. The van der Waals surface area contributed by atoms with Gasteiger partial charge in [0.1, 0.15) is 10.8 Å². The van der Waals surface area contributed by atoms with Crippen molar-refractivity contribution in [1.82, 2.24) is 9.88 Å². The smallest absolute Gasteiger partial charge is 2.00 e. The molecule has 0 bridgehead atoms. The Morgan fingerprint density at radius 3 is 2.50 bits per heavy atom. The maximum absolute atomic E-state index is 5.99. The first-order valence-corrected chi connectivity index (χ1v) is 12.1. The zero-order chi connectivity index (χ0) is 21.2. The molecule has 3 rings (SSSR count). The van der Waals surface area contributed by atoms with Crippen molar-refractivity contribution in [3.63, 3.8) is 0 Å². The van der Waals surface area contributed by atoms with Gasteiger partial charge in [0.05, 0.1) is 16.8 Å². The van der Waals surface area contributed by atoms with Crippen LogP contribution in [-0.4, -0.2) is 60.7 Å². The maximum atomic E-state index is 5.99. The molecule has 0 unspecified atom stereocenters. The Hall–Kier alpha value is -0.841. The number of aromatic nitrogens is 1. The molecule has 10 heteroatoms. The van der Waals surface area contributed by atoms with Crippen LogP contribution in [0.4, 0.5) is 5.69 Å². The molecule has 0 aliphatic rings. The molecule has 0 atom stereocenters. The predicted octanol–water partition coefficient (Wildman–Crippen LogP) is 3.96. The Kier molecular flexibility index (Phi) is 14.5. The van der Waals surface area contributed by atoms with E-state index in [1.165, 1.54) is 0 Å². The van der Waals surface area contributed by atoms with E-state index in [1.54, 1.807) is 11.3 Å². The van der Waals surface area contributed by atoms with E-state index in [-0.39, 0.29) is 25.6 Å². The average Bonchev–Trinajstić information content (AvgIpc) is 3.18. The van der Waals surface area contributed by atoms with E-state index in [9.17, 15) is 0 Å². The fourth-order valence-corrected chi connectivity index (χ4v) is 4.46. The van der Waals surface area contributed by atoms with Crippen LogP contribution >= 0.6 is 11.3 Å². The van der Waals surface area contributed by atoms with E-state index in [0.717, 1.165) is 77.1 Å². The first-order chi connectivity index (χ1) is 14.7. The molecule has 0 radical (unpaired) electrons. The molecule has 0 spiro atoms. The molecule has 2 N–H and O–H groups in total. The van der Waals surface area contributed by atoms with Crippen LogP contribution in [0.5, 0.6) is 5.75 Å². The SMILES string of the molecule is Nc1ccc(-c2nc3ccc(OCCCN(CC[S-])CC[N-]CC[S-])cc3s2)cc1.[O-2].[Tc+5]. The summed E-state index contributed by atoms with van der Waals surface area (Å²) in [5.74, 6) is 2.31. The number of nitrogens with zero attached hydrogens (tertiary/aromatic N) is 3. The molecular weight excluding hydrogens is 546 g/mol. The van der Waals surface area contributed by atoms with Crippen molar-refractivity contribution in [3.05, 3.63) is 47.8 Å². The first kappa shape index (κ1) is 29.2. The van der Waals surface area contributed by atoms with E-state index in [1.807, 2.05) is 36.4 Å². The van der Waals surface area contributed by atoms with Gasteiger partial charge in [0.15, 0.2) is 0 Å². The quantitative estimate of drug-likeness (QED) is 0.189. The van der Waals surface area contributed by atoms with Gasteiger partial charge in [-0.15, -0.1) is 17.9 Å².